The molecule has 1 aromatic heterocycles. The van der Waals surface area contributed by atoms with Gasteiger partial charge < -0.3 is 10.7 Å². The van der Waals surface area contributed by atoms with E-state index in [1.54, 1.807) is 0 Å². The van der Waals surface area contributed by atoms with Crippen LogP contribution in [-0.2, 0) is 0 Å². The molecule has 3 N–H and O–H groups in total. The number of unbranched alkanes of at least 4 members (excludes halogenated alkanes) is 1. The topological polar surface area (TPSA) is 54.7 Å². The molecule has 0 aliphatic rings. The van der Waals surface area contributed by atoms with Gasteiger partial charge in [0.2, 0.25) is 0 Å². The third kappa shape index (κ3) is 2.44. The van der Waals surface area contributed by atoms with Gasteiger partial charge in [-0.15, -0.1) is 0 Å². The number of nitrogens with one attached hydrogen (secondary N) is 1. The van der Waals surface area contributed by atoms with Gasteiger partial charge in [-0.2, -0.15) is 0 Å². The van der Waals surface area contributed by atoms with Crippen LogP contribution < -0.4 is 5.73 Å². The molecule has 1 atom stereocenters. The maximum atomic E-state index is 13.0. The first-order valence-electron chi connectivity index (χ1n) is 5.72. The summed E-state index contributed by atoms with van der Waals surface area (Å²) in [5.41, 5.74) is 6.83. The zero-order valence-corrected chi connectivity index (χ0v) is 9.63. The monoisotopic (exact) mass is 239 g/mol. The van der Waals surface area contributed by atoms with Crippen LogP contribution in [0.2, 0.25) is 0 Å². The molecule has 2 aromatic rings. The number of hydrogen-bond acceptors (Lipinski definition) is 2. The Morgan fingerprint density at radius 1 is 1.35 bits per heavy atom. The van der Waals surface area contributed by atoms with Gasteiger partial charge in [-0.05, 0) is 6.42 Å². The van der Waals surface area contributed by atoms with Crippen molar-refractivity contribution >= 4 is 11.0 Å². The lowest BCUT2D eigenvalue weighted by Gasteiger charge is -2.06. The maximum Gasteiger partial charge on any atom is 0.161 e. The minimum absolute atomic E-state index is 0.214. The number of hydrogen-bond donors (Lipinski definition) is 2. The van der Waals surface area contributed by atoms with Gasteiger partial charge in [0, 0.05) is 12.1 Å². The smallest absolute Gasteiger partial charge is 0.161 e. The van der Waals surface area contributed by atoms with Crippen molar-refractivity contribution in [1.82, 2.24) is 9.97 Å². The second kappa shape index (κ2) is 4.79. The highest BCUT2D eigenvalue weighted by Crippen LogP contribution is 2.20. The van der Waals surface area contributed by atoms with E-state index in [0.29, 0.717) is 16.9 Å². The molecule has 2 rings (SSSR count). The van der Waals surface area contributed by atoms with E-state index < -0.39 is 11.6 Å². The minimum atomic E-state index is -0.891. The number of H-pyrrole nitrogens is 1. The predicted molar refractivity (Wildman–Crippen MR) is 62.5 cm³/mol. The third-order valence-electron chi connectivity index (χ3n) is 2.76. The number of aromatic amines is 1. The number of imidazole rings is 1. The van der Waals surface area contributed by atoms with E-state index in [-0.39, 0.29) is 6.04 Å². The Bertz CT molecular complexity index is 483. The number of aromatic nitrogens is 2. The number of nitrogens with zero attached hydrogens (tertiary/aromatic N) is 1. The molecule has 17 heavy (non-hydrogen) atoms. The molecule has 92 valence electrons. The van der Waals surface area contributed by atoms with Crippen LogP contribution in [0.15, 0.2) is 12.1 Å². The van der Waals surface area contributed by atoms with Gasteiger partial charge in [0.15, 0.2) is 11.6 Å². The lowest BCUT2D eigenvalue weighted by atomic mass is 10.1. The van der Waals surface area contributed by atoms with E-state index in [9.17, 15) is 8.78 Å². The molecule has 0 saturated heterocycles. The van der Waals surface area contributed by atoms with Gasteiger partial charge in [-0.1, -0.05) is 19.8 Å². The molecular formula is C12H15F2N3. The van der Waals surface area contributed by atoms with Crippen LogP contribution >= 0.6 is 0 Å². The molecule has 0 fully saturated rings. The second-order valence-electron chi connectivity index (χ2n) is 4.15. The summed E-state index contributed by atoms with van der Waals surface area (Å²) in [5.74, 6) is -1.19. The molecule has 0 radical (unpaired) electrons. The fourth-order valence-corrected chi connectivity index (χ4v) is 1.76. The molecule has 3 nitrogen and oxygen atoms in total. The summed E-state index contributed by atoms with van der Waals surface area (Å²) in [6.07, 6.45) is 2.86. The van der Waals surface area contributed by atoms with Crippen LogP contribution in [0.5, 0.6) is 0 Å². The molecule has 0 bridgehead atoms. The summed E-state index contributed by atoms with van der Waals surface area (Å²) in [4.78, 5) is 7.11. The van der Waals surface area contributed by atoms with Gasteiger partial charge in [-0.3, -0.25) is 0 Å². The van der Waals surface area contributed by atoms with E-state index in [1.165, 1.54) is 0 Å². The highest BCUT2D eigenvalue weighted by atomic mass is 19.2. The molecule has 0 aliphatic carbocycles. The number of rotatable bonds is 4. The Morgan fingerprint density at radius 2 is 2.06 bits per heavy atom. The van der Waals surface area contributed by atoms with Gasteiger partial charge in [0.05, 0.1) is 17.1 Å². The molecule has 1 aromatic carbocycles. The van der Waals surface area contributed by atoms with Crippen molar-refractivity contribution in [1.29, 1.82) is 0 Å². The summed E-state index contributed by atoms with van der Waals surface area (Å²) in [6.45, 7) is 2.08. The maximum absolute atomic E-state index is 13.0. The lowest BCUT2D eigenvalue weighted by molar-refractivity contribution is 0.510. The Balaban J connectivity index is 2.31. The minimum Gasteiger partial charge on any atom is -0.341 e. The first-order chi connectivity index (χ1) is 8.11. The Labute approximate surface area is 98.0 Å². The van der Waals surface area contributed by atoms with Gasteiger partial charge in [0.25, 0.3) is 0 Å². The number of halogens is 2. The first kappa shape index (κ1) is 12.0. The van der Waals surface area contributed by atoms with Crippen molar-refractivity contribution in [2.75, 3.05) is 0 Å². The molecule has 5 heteroatoms. The fraction of sp³-hybridized carbons (Fsp3) is 0.417. The van der Waals surface area contributed by atoms with Crippen LogP contribution in [0.4, 0.5) is 8.78 Å². The lowest BCUT2D eigenvalue weighted by Crippen LogP contribution is -2.11. The van der Waals surface area contributed by atoms with Crippen molar-refractivity contribution in [3.05, 3.63) is 29.6 Å². The van der Waals surface area contributed by atoms with Crippen LogP contribution in [0.25, 0.3) is 11.0 Å². The van der Waals surface area contributed by atoms with Crippen LogP contribution in [0, 0.1) is 11.6 Å². The van der Waals surface area contributed by atoms with Crippen LogP contribution in [-0.4, -0.2) is 9.97 Å². The van der Waals surface area contributed by atoms with E-state index in [1.807, 2.05) is 0 Å². The van der Waals surface area contributed by atoms with E-state index in [2.05, 4.69) is 16.9 Å². The van der Waals surface area contributed by atoms with E-state index in [0.717, 1.165) is 31.4 Å². The Kier molecular flexibility index (Phi) is 3.38. The fourth-order valence-electron chi connectivity index (χ4n) is 1.76. The van der Waals surface area contributed by atoms with Gasteiger partial charge >= 0.3 is 0 Å². The molecule has 0 aliphatic heterocycles. The van der Waals surface area contributed by atoms with Gasteiger partial charge in [-0.25, -0.2) is 13.8 Å². The van der Waals surface area contributed by atoms with Gasteiger partial charge in [0.1, 0.15) is 5.82 Å². The highest BCUT2D eigenvalue weighted by molar-refractivity contribution is 5.75. The molecule has 0 saturated carbocycles. The van der Waals surface area contributed by atoms with Crippen molar-refractivity contribution in [3.63, 3.8) is 0 Å². The summed E-state index contributed by atoms with van der Waals surface area (Å²) in [6, 6.07) is 1.97. The van der Waals surface area contributed by atoms with Crippen molar-refractivity contribution in [3.8, 4) is 0 Å². The van der Waals surface area contributed by atoms with Crippen molar-refractivity contribution < 1.29 is 8.78 Å². The molecule has 1 heterocycles. The molecular weight excluding hydrogens is 224 g/mol. The summed E-state index contributed by atoms with van der Waals surface area (Å²) in [7, 11) is 0. The zero-order chi connectivity index (χ0) is 12.4. The predicted octanol–water partition coefficient (Wildman–Crippen LogP) is 3.03. The Hall–Kier alpha value is -1.49. The average molecular weight is 239 g/mol. The van der Waals surface area contributed by atoms with Crippen LogP contribution in [0.1, 0.15) is 38.1 Å². The van der Waals surface area contributed by atoms with E-state index >= 15 is 0 Å². The van der Waals surface area contributed by atoms with Crippen LogP contribution in [0.3, 0.4) is 0 Å². The largest absolute Gasteiger partial charge is 0.341 e. The standard InChI is InChI=1S/C12H15F2N3/c1-2-3-4-9(15)12-16-10-5-7(13)8(14)6-11(10)17-12/h5-6,9H,2-4,15H2,1H3,(H,16,17). The second-order valence-corrected chi connectivity index (χ2v) is 4.15. The average Bonchev–Trinajstić information content (AvgIpc) is 2.69. The first-order valence-corrected chi connectivity index (χ1v) is 5.72. The SMILES string of the molecule is CCCCC(N)c1nc2cc(F)c(F)cc2[nH]1. The highest BCUT2D eigenvalue weighted by Gasteiger charge is 2.13. The summed E-state index contributed by atoms with van der Waals surface area (Å²) < 4.78 is 26.0. The Morgan fingerprint density at radius 3 is 2.76 bits per heavy atom. The summed E-state index contributed by atoms with van der Waals surface area (Å²) >= 11 is 0. The summed E-state index contributed by atoms with van der Waals surface area (Å²) in [5, 5.41) is 0. The molecule has 0 spiro atoms. The number of fused-ring (bicyclic) bond motifs is 1. The zero-order valence-electron chi connectivity index (χ0n) is 9.63. The quantitative estimate of drug-likeness (QED) is 0.861. The van der Waals surface area contributed by atoms with E-state index in [4.69, 9.17) is 5.73 Å². The normalized spacial score (nSPS) is 13.2. The van der Waals surface area contributed by atoms with Crippen molar-refractivity contribution in [2.24, 2.45) is 5.73 Å². The van der Waals surface area contributed by atoms with Crippen molar-refractivity contribution in [2.45, 2.75) is 32.2 Å². The molecule has 0 amide bonds. The molecule has 1 unspecified atom stereocenters. The number of benzene rings is 1. The third-order valence-corrected chi connectivity index (χ3v) is 2.76. The number of nitrogens with two attached hydrogens (primary N) is 1.